The van der Waals surface area contributed by atoms with E-state index in [1.54, 1.807) is 0 Å². The van der Waals surface area contributed by atoms with Crippen molar-refractivity contribution in [3.63, 3.8) is 0 Å². The van der Waals surface area contributed by atoms with Gasteiger partial charge in [-0.3, -0.25) is 4.90 Å². The molecule has 0 spiro atoms. The average Bonchev–Trinajstić information content (AvgIpc) is 2.94. The van der Waals surface area contributed by atoms with Crippen LogP contribution in [0.15, 0.2) is 60.7 Å². The van der Waals surface area contributed by atoms with E-state index in [0.29, 0.717) is 6.73 Å². The number of benzene rings is 3. The fourth-order valence-corrected chi connectivity index (χ4v) is 3.99. The summed E-state index contributed by atoms with van der Waals surface area (Å²) in [6.45, 7) is 4.59. The number of aromatic nitrogens is 1. The largest absolute Gasteiger partial charge is 0.478 e. The van der Waals surface area contributed by atoms with E-state index in [2.05, 4.69) is 84.1 Å². The molecular formula is C23H22N2O. The molecule has 0 saturated carbocycles. The highest BCUT2D eigenvalue weighted by molar-refractivity contribution is 6.08. The number of ether oxygens (including phenoxy) is 1. The minimum Gasteiger partial charge on any atom is -0.478 e. The predicted molar refractivity (Wildman–Crippen MR) is 106 cm³/mol. The summed E-state index contributed by atoms with van der Waals surface area (Å²) >= 11 is 0. The summed E-state index contributed by atoms with van der Waals surface area (Å²) in [4.78, 5) is 2.35. The lowest BCUT2D eigenvalue weighted by Gasteiger charge is -2.29. The topological polar surface area (TPSA) is 17.4 Å². The SMILES string of the molecule is Cc1ccc(CN2COc3cc4c(cc3C2)c2ccccc2n4C)cc1. The number of para-hydroxylation sites is 1. The lowest BCUT2D eigenvalue weighted by atomic mass is 10.1. The van der Waals surface area contributed by atoms with E-state index >= 15 is 0 Å². The summed E-state index contributed by atoms with van der Waals surface area (Å²) in [7, 11) is 2.13. The summed E-state index contributed by atoms with van der Waals surface area (Å²) in [6, 6.07) is 21.9. The van der Waals surface area contributed by atoms with E-state index in [9.17, 15) is 0 Å². The van der Waals surface area contributed by atoms with E-state index in [1.807, 2.05) is 0 Å². The highest BCUT2D eigenvalue weighted by Gasteiger charge is 2.20. The van der Waals surface area contributed by atoms with Crippen LogP contribution in [0.25, 0.3) is 21.8 Å². The van der Waals surface area contributed by atoms with Crippen LogP contribution < -0.4 is 4.74 Å². The number of hydrogen-bond donors (Lipinski definition) is 0. The predicted octanol–water partition coefficient (Wildman–Crippen LogP) is 4.99. The Morgan fingerprint density at radius 1 is 0.923 bits per heavy atom. The third-order valence-electron chi connectivity index (χ3n) is 5.42. The second kappa shape index (κ2) is 5.89. The number of nitrogens with zero attached hydrogens (tertiary/aromatic N) is 2. The number of rotatable bonds is 2. The van der Waals surface area contributed by atoms with Crippen molar-refractivity contribution in [2.45, 2.75) is 20.0 Å². The van der Waals surface area contributed by atoms with Crippen LogP contribution in [-0.4, -0.2) is 16.2 Å². The maximum absolute atomic E-state index is 6.10. The molecule has 0 aliphatic carbocycles. The second-order valence-electron chi connectivity index (χ2n) is 7.30. The van der Waals surface area contributed by atoms with Crippen molar-refractivity contribution < 1.29 is 4.74 Å². The zero-order valence-electron chi connectivity index (χ0n) is 15.2. The Kier molecular flexibility index (Phi) is 3.50. The monoisotopic (exact) mass is 342 g/mol. The zero-order valence-corrected chi connectivity index (χ0v) is 15.2. The molecule has 0 fully saturated rings. The summed E-state index contributed by atoms with van der Waals surface area (Å²) in [6.07, 6.45) is 0. The summed E-state index contributed by atoms with van der Waals surface area (Å²) in [5.41, 5.74) is 6.40. The fourth-order valence-electron chi connectivity index (χ4n) is 3.99. The Balaban J connectivity index is 1.51. The van der Waals surface area contributed by atoms with Crippen LogP contribution in [0.2, 0.25) is 0 Å². The third kappa shape index (κ3) is 2.47. The van der Waals surface area contributed by atoms with Gasteiger partial charge in [-0.05, 0) is 24.6 Å². The van der Waals surface area contributed by atoms with Gasteiger partial charge < -0.3 is 9.30 Å². The first-order valence-electron chi connectivity index (χ1n) is 9.10. The van der Waals surface area contributed by atoms with E-state index in [0.717, 1.165) is 18.8 Å². The Labute approximate surface area is 153 Å². The number of fused-ring (bicyclic) bond motifs is 4. The van der Waals surface area contributed by atoms with Gasteiger partial charge >= 0.3 is 0 Å². The summed E-state index contributed by atoms with van der Waals surface area (Å²) in [5, 5.41) is 2.62. The molecule has 2 heterocycles. The molecule has 3 aromatic carbocycles. The van der Waals surface area contributed by atoms with E-state index in [-0.39, 0.29) is 0 Å². The number of hydrogen-bond acceptors (Lipinski definition) is 2. The van der Waals surface area contributed by atoms with Gasteiger partial charge in [0.25, 0.3) is 0 Å². The smallest absolute Gasteiger partial charge is 0.142 e. The Hall–Kier alpha value is -2.78. The number of aryl methyl sites for hydroxylation is 2. The second-order valence-corrected chi connectivity index (χ2v) is 7.30. The molecule has 1 aromatic heterocycles. The van der Waals surface area contributed by atoms with Crippen molar-refractivity contribution in [1.82, 2.24) is 9.47 Å². The summed E-state index contributed by atoms with van der Waals surface area (Å²) < 4.78 is 8.36. The molecule has 0 unspecified atom stereocenters. The van der Waals surface area contributed by atoms with Crippen molar-refractivity contribution in [1.29, 1.82) is 0 Å². The molecule has 1 aliphatic rings. The standard InChI is InChI=1S/C23H22N2O/c1-16-7-9-17(10-8-16)13-25-14-18-11-20-19-5-3-4-6-21(19)24(2)22(20)12-23(18)26-15-25/h3-12H,13-15H2,1-2H3. The minimum atomic E-state index is 0.635. The van der Waals surface area contributed by atoms with Crippen molar-refractivity contribution >= 4 is 21.8 Å². The van der Waals surface area contributed by atoms with Gasteiger partial charge in [0.15, 0.2) is 0 Å². The van der Waals surface area contributed by atoms with Gasteiger partial charge in [-0.1, -0.05) is 48.0 Å². The lowest BCUT2D eigenvalue weighted by Crippen LogP contribution is -2.31. The normalized spacial score (nSPS) is 14.5. The van der Waals surface area contributed by atoms with Crippen LogP contribution in [0, 0.1) is 6.92 Å². The van der Waals surface area contributed by atoms with Gasteiger partial charge in [0.05, 0.1) is 5.52 Å². The van der Waals surface area contributed by atoms with Gasteiger partial charge in [-0.2, -0.15) is 0 Å². The van der Waals surface area contributed by atoms with Crippen LogP contribution >= 0.6 is 0 Å². The van der Waals surface area contributed by atoms with Crippen molar-refractivity contribution in [2.75, 3.05) is 6.73 Å². The minimum absolute atomic E-state index is 0.635. The average molecular weight is 342 g/mol. The molecule has 0 saturated heterocycles. The van der Waals surface area contributed by atoms with E-state index in [1.165, 1.54) is 38.5 Å². The molecule has 26 heavy (non-hydrogen) atoms. The molecule has 0 atom stereocenters. The highest BCUT2D eigenvalue weighted by atomic mass is 16.5. The van der Waals surface area contributed by atoms with Crippen molar-refractivity contribution in [3.05, 3.63) is 77.4 Å². The van der Waals surface area contributed by atoms with Gasteiger partial charge in [0.1, 0.15) is 12.5 Å². The Morgan fingerprint density at radius 2 is 1.73 bits per heavy atom. The first-order chi connectivity index (χ1) is 12.7. The zero-order chi connectivity index (χ0) is 17.7. The van der Waals surface area contributed by atoms with Crippen molar-refractivity contribution in [2.24, 2.45) is 7.05 Å². The van der Waals surface area contributed by atoms with Crippen LogP contribution in [0.4, 0.5) is 0 Å². The molecule has 0 bridgehead atoms. The first kappa shape index (κ1) is 15.5. The molecule has 0 N–H and O–H groups in total. The molecule has 1 aliphatic heterocycles. The molecule has 4 aromatic rings. The van der Waals surface area contributed by atoms with E-state index < -0.39 is 0 Å². The molecule has 3 nitrogen and oxygen atoms in total. The molecular weight excluding hydrogens is 320 g/mol. The molecule has 130 valence electrons. The van der Waals surface area contributed by atoms with Crippen molar-refractivity contribution in [3.8, 4) is 5.75 Å². The quantitative estimate of drug-likeness (QED) is 0.510. The Morgan fingerprint density at radius 3 is 2.58 bits per heavy atom. The molecule has 5 rings (SSSR count). The van der Waals surface area contributed by atoms with Crippen LogP contribution in [0.3, 0.4) is 0 Å². The van der Waals surface area contributed by atoms with Crippen LogP contribution in [0.1, 0.15) is 16.7 Å². The maximum Gasteiger partial charge on any atom is 0.142 e. The Bertz CT molecular complexity index is 1110. The maximum atomic E-state index is 6.10. The molecule has 3 heteroatoms. The molecule has 0 radical (unpaired) electrons. The first-order valence-corrected chi connectivity index (χ1v) is 9.10. The van der Waals surface area contributed by atoms with Gasteiger partial charge in [0, 0.05) is 48.1 Å². The third-order valence-corrected chi connectivity index (χ3v) is 5.42. The van der Waals surface area contributed by atoms with Gasteiger partial charge in [0.2, 0.25) is 0 Å². The van der Waals surface area contributed by atoms with Gasteiger partial charge in [-0.25, -0.2) is 0 Å². The van der Waals surface area contributed by atoms with Crippen LogP contribution in [-0.2, 0) is 20.1 Å². The fraction of sp³-hybridized carbons (Fsp3) is 0.217. The highest BCUT2D eigenvalue weighted by Crippen LogP contribution is 2.35. The molecule has 0 amide bonds. The lowest BCUT2D eigenvalue weighted by molar-refractivity contribution is 0.0889. The van der Waals surface area contributed by atoms with E-state index in [4.69, 9.17) is 4.74 Å². The van der Waals surface area contributed by atoms with Gasteiger partial charge in [-0.15, -0.1) is 0 Å². The summed E-state index contributed by atoms with van der Waals surface area (Å²) in [5.74, 6) is 1.02. The van der Waals surface area contributed by atoms with Crippen LogP contribution in [0.5, 0.6) is 5.75 Å².